The highest BCUT2D eigenvalue weighted by Gasteiger charge is 2.23. The Hall–Kier alpha value is -2.39. The van der Waals surface area contributed by atoms with Crippen LogP contribution in [0.5, 0.6) is 0 Å². The highest BCUT2D eigenvalue weighted by atomic mass is 35.5. The summed E-state index contributed by atoms with van der Waals surface area (Å²) in [5.41, 5.74) is 7.15. The second-order valence-corrected chi connectivity index (χ2v) is 8.43. The zero-order chi connectivity index (χ0) is 20.9. The fraction of sp³-hybridized carbons (Fsp3) is 0.259. The van der Waals surface area contributed by atoms with Gasteiger partial charge in [-0.15, -0.1) is 0 Å². The van der Waals surface area contributed by atoms with Crippen LogP contribution in [-0.4, -0.2) is 29.2 Å². The highest BCUT2D eigenvalue weighted by Crippen LogP contribution is 2.28. The van der Waals surface area contributed by atoms with Crippen LogP contribution >= 0.6 is 11.6 Å². The summed E-state index contributed by atoms with van der Waals surface area (Å²) in [5, 5.41) is 10.3. The van der Waals surface area contributed by atoms with E-state index in [4.69, 9.17) is 11.6 Å². The topological polar surface area (TPSA) is 23.5 Å². The van der Waals surface area contributed by atoms with E-state index in [0.717, 1.165) is 36.5 Å². The third kappa shape index (κ3) is 4.67. The summed E-state index contributed by atoms with van der Waals surface area (Å²) in [7, 11) is 0. The van der Waals surface area contributed by atoms with Crippen LogP contribution in [-0.2, 0) is 6.54 Å². The molecule has 154 valence electrons. The summed E-state index contributed by atoms with van der Waals surface area (Å²) in [6, 6.07) is 23.5. The van der Waals surface area contributed by atoms with Gasteiger partial charge in [0, 0.05) is 17.6 Å². The molecule has 4 rings (SSSR count). The van der Waals surface area contributed by atoms with Crippen molar-refractivity contribution in [3.05, 3.63) is 94.0 Å². The summed E-state index contributed by atoms with van der Waals surface area (Å²) >= 11 is 6.60. The molecule has 1 atom stereocenters. The summed E-state index contributed by atoms with van der Waals surface area (Å²) in [6.45, 7) is 4.28. The zero-order valence-electron chi connectivity index (χ0n) is 17.4. The van der Waals surface area contributed by atoms with E-state index in [1.165, 1.54) is 27.8 Å². The quantitative estimate of drug-likeness (QED) is 0.466. The van der Waals surface area contributed by atoms with E-state index >= 15 is 0 Å². The lowest BCUT2D eigenvalue weighted by molar-refractivity contribution is 0.153. The molecule has 0 aromatic heterocycles. The van der Waals surface area contributed by atoms with Crippen LogP contribution in [0.2, 0.25) is 5.02 Å². The van der Waals surface area contributed by atoms with Gasteiger partial charge in [-0.05, 0) is 65.8 Å². The van der Waals surface area contributed by atoms with E-state index in [-0.39, 0.29) is 12.6 Å². The standard InChI is InChI=1S/C27H28ClNO/c1-20-22(9-5-11-26(20)23-7-3-2-4-8-23)14-15-24-13-12-21(17-27(24)28)18-29-16-6-10-25(29)19-30/h2-5,7-9,11-15,17,25,30H,6,10,16,18-19H2,1H3. The third-order valence-corrected chi connectivity index (χ3v) is 6.39. The first kappa shape index (κ1) is 20.9. The monoisotopic (exact) mass is 417 g/mol. The number of likely N-dealkylation sites (tertiary alicyclic amines) is 1. The molecule has 3 heteroatoms. The molecule has 0 bridgehead atoms. The number of nitrogens with zero attached hydrogens (tertiary/aromatic N) is 1. The number of halogens is 1. The van der Waals surface area contributed by atoms with Gasteiger partial charge in [-0.2, -0.15) is 0 Å². The minimum absolute atomic E-state index is 0.232. The number of rotatable bonds is 6. The maximum atomic E-state index is 9.53. The van der Waals surface area contributed by atoms with Gasteiger partial charge in [-0.1, -0.05) is 84.4 Å². The molecule has 1 N–H and O–H groups in total. The Labute approximate surface area is 184 Å². The Morgan fingerprint density at radius 2 is 1.80 bits per heavy atom. The van der Waals surface area contributed by atoms with E-state index in [1.807, 2.05) is 6.07 Å². The maximum absolute atomic E-state index is 9.53. The van der Waals surface area contributed by atoms with Gasteiger partial charge in [-0.25, -0.2) is 0 Å². The van der Waals surface area contributed by atoms with Crippen molar-refractivity contribution < 1.29 is 5.11 Å². The molecule has 1 saturated heterocycles. The molecule has 1 aliphatic rings. The molecule has 0 saturated carbocycles. The van der Waals surface area contributed by atoms with Crippen LogP contribution in [0, 0.1) is 6.92 Å². The zero-order valence-corrected chi connectivity index (χ0v) is 18.1. The van der Waals surface area contributed by atoms with Crippen LogP contribution < -0.4 is 0 Å². The molecule has 30 heavy (non-hydrogen) atoms. The van der Waals surface area contributed by atoms with Gasteiger partial charge in [0.25, 0.3) is 0 Å². The molecule has 3 aromatic rings. The number of benzene rings is 3. The molecule has 0 aliphatic carbocycles. The van der Waals surface area contributed by atoms with Crippen molar-refractivity contribution in [3.63, 3.8) is 0 Å². The van der Waals surface area contributed by atoms with Gasteiger partial charge in [0.05, 0.1) is 6.61 Å². The largest absolute Gasteiger partial charge is 0.395 e. The average molecular weight is 418 g/mol. The molecular formula is C27H28ClNO. The average Bonchev–Trinajstić information content (AvgIpc) is 3.22. The summed E-state index contributed by atoms with van der Waals surface area (Å²) in [6.07, 6.45) is 6.47. The van der Waals surface area contributed by atoms with Gasteiger partial charge >= 0.3 is 0 Å². The SMILES string of the molecule is Cc1c(C=Cc2ccc(CN3CCCC3CO)cc2Cl)cccc1-c1ccccc1. The van der Waals surface area contributed by atoms with Gasteiger partial charge < -0.3 is 5.11 Å². The minimum atomic E-state index is 0.232. The minimum Gasteiger partial charge on any atom is -0.395 e. The Morgan fingerprint density at radius 3 is 2.57 bits per heavy atom. The third-order valence-electron chi connectivity index (χ3n) is 6.06. The van der Waals surface area contributed by atoms with E-state index in [9.17, 15) is 5.11 Å². The summed E-state index contributed by atoms with van der Waals surface area (Å²) in [4.78, 5) is 2.35. The normalized spacial score (nSPS) is 17.1. The second-order valence-electron chi connectivity index (χ2n) is 8.02. The lowest BCUT2D eigenvalue weighted by atomic mass is 9.96. The van der Waals surface area contributed by atoms with E-state index in [2.05, 4.69) is 84.6 Å². The summed E-state index contributed by atoms with van der Waals surface area (Å²) < 4.78 is 0. The van der Waals surface area contributed by atoms with Crippen LogP contribution in [0.1, 0.15) is 35.1 Å². The molecule has 3 aromatic carbocycles. The molecular weight excluding hydrogens is 390 g/mol. The van der Waals surface area contributed by atoms with Crippen molar-refractivity contribution in [3.8, 4) is 11.1 Å². The van der Waals surface area contributed by atoms with Crippen molar-refractivity contribution in [2.24, 2.45) is 0 Å². The number of aliphatic hydroxyl groups is 1. The van der Waals surface area contributed by atoms with Gasteiger partial charge in [0.2, 0.25) is 0 Å². The molecule has 0 radical (unpaired) electrons. The number of hydrogen-bond donors (Lipinski definition) is 1. The van der Waals surface area contributed by atoms with E-state index in [1.54, 1.807) is 0 Å². The van der Waals surface area contributed by atoms with Crippen LogP contribution in [0.3, 0.4) is 0 Å². The van der Waals surface area contributed by atoms with Crippen LogP contribution in [0.25, 0.3) is 23.3 Å². The Balaban J connectivity index is 1.52. The smallest absolute Gasteiger partial charge is 0.0587 e. The first-order chi connectivity index (χ1) is 14.7. The number of hydrogen-bond acceptors (Lipinski definition) is 2. The predicted molar refractivity (Wildman–Crippen MR) is 128 cm³/mol. The molecule has 1 unspecified atom stereocenters. The molecule has 1 aliphatic heterocycles. The van der Waals surface area contributed by atoms with Crippen molar-refractivity contribution in [2.75, 3.05) is 13.2 Å². The van der Waals surface area contributed by atoms with Crippen molar-refractivity contribution >= 4 is 23.8 Å². The molecule has 1 fully saturated rings. The van der Waals surface area contributed by atoms with Crippen LogP contribution in [0.4, 0.5) is 0 Å². The first-order valence-electron chi connectivity index (χ1n) is 10.6. The van der Waals surface area contributed by atoms with Crippen molar-refractivity contribution in [1.29, 1.82) is 0 Å². The maximum Gasteiger partial charge on any atom is 0.0587 e. The van der Waals surface area contributed by atoms with Gasteiger partial charge in [0.1, 0.15) is 0 Å². The predicted octanol–water partition coefficient (Wildman–Crippen LogP) is 6.44. The molecule has 0 amide bonds. The molecule has 1 heterocycles. The van der Waals surface area contributed by atoms with E-state index < -0.39 is 0 Å². The fourth-order valence-electron chi connectivity index (χ4n) is 4.29. The Morgan fingerprint density at radius 1 is 1.00 bits per heavy atom. The van der Waals surface area contributed by atoms with Gasteiger partial charge in [0.15, 0.2) is 0 Å². The molecule has 0 spiro atoms. The Bertz CT molecular complexity index is 1030. The van der Waals surface area contributed by atoms with Crippen molar-refractivity contribution in [1.82, 2.24) is 4.90 Å². The lowest BCUT2D eigenvalue weighted by Crippen LogP contribution is -2.31. The van der Waals surface area contributed by atoms with Crippen LogP contribution in [0.15, 0.2) is 66.7 Å². The van der Waals surface area contributed by atoms with E-state index in [0.29, 0.717) is 0 Å². The highest BCUT2D eigenvalue weighted by molar-refractivity contribution is 6.32. The second kappa shape index (κ2) is 9.61. The van der Waals surface area contributed by atoms with Gasteiger partial charge in [-0.3, -0.25) is 4.90 Å². The first-order valence-corrected chi connectivity index (χ1v) is 11.0. The van der Waals surface area contributed by atoms with Crippen molar-refractivity contribution in [2.45, 2.75) is 32.4 Å². The lowest BCUT2D eigenvalue weighted by Gasteiger charge is -2.22. The summed E-state index contributed by atoms with van der Waals surface area (Å²) in [5.74, 6) is 0. The fourth-order valence-corrected chi connectivity index (χ4v) is 4.56. The molecule has 2 nitrogen and oxygen atoms in total. The Kier molecular flexibility index (Phi) is 6.69. The number of aliphatic hydroxyl groups excluding tert-OH is 1.